The van der Waals surface area contributed by atoms with Gasteiger partial charge in [0.25, 0.3) is 0 Å². The molecule has 1 saturated heterocycles. The second-order valence-corrected chi connectivity index (χ2v) is 7.30. The highest BCUT2D eigenvalue weighted by atomic mass is 19.3. The number of piperazine rings is 1. The third kappa shape index (κ3) is 3.67. The second kappa shape index (κ2) is 7.84. The Labute approximate surface area is 153 Å². The number of fused-ring (bicyclic) bond motifs is 1. The molecule has 26 heavy (non-hydrogen) atoms. The van der Waals surface area contributed by atoms with Gasteiger partial charge in [-0.3, -0.25) is 14.4 Å². The van der Waals surface area contributed by atoms with Crippen molar-refractivity contribution >= 4 is 0 Å². The Balaban J connectivity index is 1.40. The molecule has 2 heterocycles. The molecular formula is C20H26F2N4. The van der Waals surface area contributed by atoms with Crippen molar-refractivity contribution in [2.24, 2.45) is 0 Å². The van der Waals surface area contributed by atoms with E-state index in [1.165, 1.54) is 49.2 Å². The highest BCUT2D eigenvalue weighted by molar-refractivity contribution is 5.31. The Kier molecular flexibility index (Phi) is 5.31. The summed E-state index contributed by atoms with van der Waals surface area (Å²) < 4.78 is 27.0. The van der Waals surface area contributed by atoms with Crippen molar-refractivity contribution in [1.82, 2.24) is 19.4 Å². The Morgan fingerprint density at radius 1 is 1.08 bits per heavy atom. The van der Waals surface area contributed by atoms with Crippen molar-refractivity contribution < 1.29 is 8.78 Å². The summed E-state index contributed by atoms with van der Waals surface area (Å²) in [4.78, 5) is 8.93. The van der Waals surface area contributed by atoms with E-state index in [1.807, 2.05) is 0 Å². The predicted molar refractivity (Wildman–Crippen MR) is 97.1 cm³/mol. The second-order valence-electron chi connectivity index (χ2n) is 7.30. The molecule has 1 aromatic heterocycles. The van der Waals surface area contributed by atoms with Crippen molar-refractivity contribution in [2.75, 3.05) is 26.2 Å². The smallest absolute Gasteiger partial charge is 0.294 e. The Morgan fingerprint density at radius 2 is 1.88 bits per heavy atom. The molecule has 1 aliphatic carbocycles. The number of aryl methyl sites for hydroxylation is 1. The van der Waals surface area contributed by atoms with Crippen LogP contribution in [0.15, 0.2) is 36.7 Å². The monoisotopic (exact) mass is 360 g/mol. The zero-order chi connectivity index (χ0) is 17.9. The summed E-state index contributed by atoms with van der Waals surface area (Å²) in [6.45, 7) is 1.73. The lowest BCUT2D eigenvalue weighted by atomic mass is 9.97. The van der Waals surface area contributed by atoms with Crippen molar-refractivity contribution in [3.63, 3.8) is 0 Å². The van der Waals surface area contributed by atoms with Crippen LogP contribution in [0.1, 0.15) is 48.8 Å². The molecule has 1 aromatic carbocycles. The van der Waals surface area contributed by atoms with E-state index in [-0.39, 0.29) is 0 Å². The fourth-order valence-corrected chi connectivity index (χ4v) is 4.35. The van der Waals surface area contributed by atoms with Gasteiger partial charge < -0.3 is 0 Å². The number of rotatable bonds is 4. The Hall–Kier alpha value is -1.79. The normalized spacial score (nSPS) is 22.3. The number of aromatic nitrogens is 2. The zero-order valence-electron chi connectivity index (χ0n) is 15.0. The van der Waals surface area contributed by atoms with Crippen LogP contribution in [0.2, 0.25) is 0 Å². The average molecular weight is 360 g/mol. The number of imidazole rings is 1. The molecule has 0 N–H and O–H groups in total. The van der Waals surface area contributed by atoms with Crippen LogP contribution in [0, 0.1) is 0 Å². The molecule has 4 rings (SSSR count). The van der Waals surface area contributed by atoms with Crippen molar-refractivity contribution in [2.45, 2.75) is 44.8 Å². The Morgan fingerprint density at radius 3 is 2.69 bits per heavy atom. The van der Waals surface area contributed by atoms with Gasteiger partial charge in [0, 0.05) is 44.6 Å². The van der Waals surface area contributed by atoms with Crippen LogP contribution in [0.5, 0.6) is 0 Å². The standard InChI is InChI=1S/C20H26F2N4/c21-20(22)26-10-9-23-19(26)15-24-11-13-25(14-12-24)18-8-4-2-6-16-5-1-3-7-17(16)18/h1,3,5,7,9-10,18,20H,2,4,6,8,11-15H2/t18-/m1/s1. The van der Waals surface area contributed by atoms with E-state index < -0.39 is 6.55 Å². The average Bonchev–Trinajstić information content (AvgIpc) is 3.01. The van der Waals surface area contributed by atoms with Crippen LogP contribution in [0.3, 0.4) is 0 Å². The maximum atomic E-state index is 13.0. The fourth-order valence-electron chi connectivity index (χ4n) is 4.35. The first-order valence-electron chi connectivity index (χ1n) is 9.56. The molecular weight excluding hydrogens is 334 g/mol. The third-order valence-corrected chi connectivity index (χ3v) is 5.76. The highest BCUT2D eigenvalue weighted by Gasteiger charge is 2.28. The lowest BCUT2D eigenvalue weighted by Gasteiger charge is -2.39. The summed E-state index contributed by atoms with van der Waals surface area (Å²) in [5.41, 5.74) is 2.99. The first-order chi connectivity index (χ1) is 12.7. The molecule has 0 bridgehead atoms. The molecule has 2 aliphatic rings. The van der Waals surface area contributed by atoms with E-state index in [1.54, 1.807) is 0 Å². The van der Waals surface area contributed by atoms with Gasteiger partial charge in [-0.25, -0.2) is 4.98 Å². The largest absolute Gasteiger partial charge is 0.319 e. The lowest BCUT2D eigenvalue weighted by molar-refractivity contribution is 0.0565. The minimum atomic E-state index is -2.52. The Bertz CT molecular complexity index is 722. The SMILES string of the molecule is FC(F)n1ccnc1CN1CCN([C@@H]2CCCCc3ccccc32)CC1. The van der Waals surface area contributed by atoms with E-state index in [9.17, 15) is 8.78 Å². The molecule has 0 radical (unpaired) electrons. The summed E-state index contributed by atoms with van der Waals surface area (Å²) in [5.74, 6) is 0.452. The number of hydrogen-bond acceptors (Lipinski definition) is 3. The summed E-state index contributed by atoms with van der Waals surface area (Å²) in [6, 6.07) is 9.35. The first-order valence-corrected chi connectivity index (χ1v) is 9.56. The van der Waals surface area contributed by atoms with Gasteiger partial charge in [0.05, 0.1) is 6.54 Å². The number of halogens is 2. The van der Waals surface area contributed by atoms with Gasteiger partial charge in [0.2, 0.25) is 0 Å². The van der Waals surface area contributed by atoms with Crippen LogP contribution >= 0.6 is 0 Å². The maximum Gasteiger partial charge on any atom is 0.319 e. The molecule has 0 amide bonds. The van der Waals surface area contributed by atoms with Gasteiger partial charge in [-0.15, -0.1) is 0 Å². The molecule has 1 fully saturated rings. The van der Waals surface area contributed by atoms with E-state index >= 15 is 0 Å². The third-order valence-electron chi connectivity index (χ3n) is 5.76. The van der Waals surface area contributed by atoms with Gasteiger partial charge in [-0.2, -0.15) is 8.78 Å². The van der Waals surface area contributed by atoms with Crippen LogP contribution < -0.4 is 0 Å². The first kappa shape index (κ1) is 17.6. The molecule has 0 spiro atoms. The molecule has 140 valence electrons. The van der Waals surface area contributed by atoms with Gasteiger partial charge in [0.15, 0.2) is 0 Å². The molecule has 6 heteroatoms. The van der Waals surface area contributed by atoms with E-state index in [0.717, 1.165) is 30.7 Å². The molecule has 4 nitrogen and oxygen atoms in total. The molecule has 0 saturated carbocycles. The fraction of sp³-hybridized carbons (Fsp3) is 0.550. The molecule has 1 atom stereocenters. The number of hydrogen-bond donors (Lipinski definition) is 0. The van der Waals surface area contributed by atoms with Crippen LogP contribution in [-0.2, 0) is 13.0 Å². The molecule has 1 aliphatic heterocycles. The summed E-state index contributed by atoms with van der Waals surface area (Å²) >= 11 is 0. The zero-order valence-corrected chi connectivity index (χ0v) is 15.0. The van der Waals surface area contributed by atoms with Gasteiger partial charge in [-0.1, -0.05) is 30.7 Å². The number of alkyl halides is 2. The minimum absolute atomic E-state index is 0.452. The highest BCUT2D eigenvalue weighted by Crippen LogP contribution is 2.33. The van der Waals surface area contributed by atoms with Crippen LogP contribution in [0.25, 0.3) is 0 Å². The quantitative estimate of drug-likeness (QED) is 0.774. The van der Waals surface area contributed by atoms with Crippen LogP contribution in [-0.4, -0.2) is 45.5 Å². The summed E-state index contributed by atoms with van der Waals surface area (Å²) in [7, 11) is 0. The van der Waals surface area contributed by atoms with Crippen molar-refractivity contribution in [3.8, 4) is 0 Å². The summed E-state index contributed by atoms with van der Waals surface area (Å²) in [6.07, 6.45) is 7.75. The number of nitrogens with zero attached hydrogens (tertiary/aromatic N) is 4. The van der Waals surface area contributed by atoms with E-state index in [4.69, 9.17) is 0 Å². The topological polar surface area (TPSA) is 24.3 Å². The molecule has 0 unspecified atom stereocenters. The molecule has 2 aromatic rings. The van der Waals surface area contributed by atoms with Crippen molar-refractivity contribution in [1.29, 1.82) is 0 Å². The van der Waals surface area contributed by atoms with Gasteiger partial charge >= 0.3 is 6.55 Å². The maximum absolute atomic E-state index is 13.0. The van der Waals surface area contributed by atoms with E-state index in [2.05, 4.69) is 39.0 Å². The minimum Gasteiger partial charge on any atom is -0.294 e. The predicted octanol–water partition coefficient (Wildman–Crippen LogP) is 3.86. The summed E-state index contributed by atoms with van der Waals surface area (Å²) in [5, 5.41) is 0. The number of benzene rings is 1. The lowest BCUT2D eigenvalue weighted by Crippen LogP contribution is -2.47. The van der Waals surface area contributed by atoms with Gasteiger partial charge in [-0.05, 0) is 30.4 Å². The van der Waals surface area contributed by atoms with E-state index in [0.29, 0.717) is 18.4 Å². The van der Waals surface area contributed by atoms with Crippen molar-refractivity contribution in [3.05, 3.63) is 53.6 Å². The van der Waals surface area contributed by atoms with Crippen LogP contribution in [0.4, 0.5) is 8.78 Å². The van der Waals surface area contributed by atoms with Gasteiger partial charge in [0.1, 0.15) is 5.82 Å².